The Hall–Kier alpha value is -0.620. The molecule has 1 heterocycles. The maximum atomic E-state index is 10.4. The van der Waals surface area contributed by atoms with Gasteiger partial charge in [-0.05, 0) is 27.9 Å². The summed E-state index contributed by atoms with van der Waals surface area (Å²) in [4.78, 5) is 2.05. The first kappa shape index (κ1) is 15.4. The van der Waals surface area contributed by atoms with Gasteiger partial charge in [0.15, 0.2) is 0 Å². The van der Waals surface area contributed by atoms with Gasteiger partial charge in [0.05, 0.1) is 30.1 Å². The van der Waals surface area contributed by atoms with Crippen LogP contribution in [0.5, 0.6) is 0 Å². The molecule has 0 aliphatic carbocycles. The van der Waals surface area contributed by atoms with E-state index in [2.05, 4.69) is 10.00 Å². The van der Waals surface area contributed by atoms with Gasteiger partial charge in [0.25, 0.3) is 0 Å². The van der Waals surface area contributed by atoms with Crippen LogP contribution in [0.3, 0.4) is 0 Å². The smallest absolute Gasteiger partial charge is 0.128 e. The van der Waals surface area contributed by atoms with Gasteiger partial charge >= 0.3 is 0 Å². The van der Waals surface area contributed by atoms with E-state index >= 15 is 0 Å². The average Bonchev–Trinajstić information content (AvgIpc) is 2.66. The molecule has 0 saturated carbocycles. The van der Waals surface area contributed by atoms with Gasteiger partial charge in [0.2, 0.25) is 0 Å². The van der Waals surface area contributed by atoms with E-state index in [1.54, 1.807) is 17.8 Å². The summed E-state index contributed by atoms with van der Waals surface area (Å²) in [6.45, 7) is 5.85. The van der Waals surface area contributed by atoms with Crippen molar-refractivity contribution in [2.24, 2.45) is 0 Å². The SMILES string of the molecule is CCOCC(C)(O)c1c(Cl)cnn1CCN(C)C. The zero-order chi connectivity index (χ0) is 13.8. The second-order valence-electron chi connectivity index (χ2n) is 4.78. The van der Waals surface area contributed by atoms with Crippen molar-refractivity contribution in [2.75, 3.05) is 33.9 Å². The maximum absolute atomic E-state index is 10.4. The van der Waals surface area contributed by atoms with Gasteiger partial charge < -0.3 is 14.7 Å². The van der Waals surface area contributed by atoms with E-state index in [1.165, 1.54) is 0 Å². The van der Waals surface area contributed by atoms with Gasteiger partial charge in [-0.3, -0.25) is 4.68 Å². The number of aromatic nitrogens is 2. The van der Waals surface area contributed by atoms with Gasteiger partial charge in [0, 0.05) is 13.2 Å². The summed E-state index contributed by atoms with van der Waals surface area (Å²) in [5.41, 5.74) is -0.518. The quantitative estimate of drug-likeness (QED) is 0.816. The van der Waals surface area contributed by atoms with Crippen molar-refractivity contribution in [1.29, 1.82) is 0 Å². The van der Waals surface area contributed by atoms with E-state index in [9.17, 15) is 5.11 Å². The lowest BCUT2D eigenvalue weighted by atomic mass is 10.0. The van der Waals surface area contributed by atoms with E-state index in [-0.39, 0.29) is 6.61 Å². The molecule has 104 valence electrons. The Labute approximate surface area is 113 Å². The van der Waals surface area contributed by atoms with Crippen LogP contribution in [-0.4, -0.2) is 53.6 Å². The maximum Gasteiger partial charge on any atom is 0.128 e. The fourth-order valence-corrected chi connectivity index (χ4v) is 2.08. The first-order chi connectivity index (χ1) is 8.38. The highest BCUT2D eigenvalue weighted by Gasteiger charge is 2.30. The van der Waals surface area contributed by atoms with Crippen molar-refractivity contribution in [3.05, 3.63) is 16.9 Å². The number of aliphatic hydroxyl groups is 1. The minimum atomic E-state index is -1.13. The van der Waals surface area contributed by atoms with Crippen LogP contribution in [0.1, 0.15) is 19.5 Å². The van der Waals surface area contributed by atoms with Crippen molar-refractivity contribution in [1.82, 2.24) is 14.7 Å². The molecule has 1 N–H and O–H groups in total. The average molecular weight is 276 g/mol. The lowest BCUT2D eigenvalue weighted by Crippen LogP contribution is -2.32. The highest BCUT2D eigenvalue weighted by molar-refractivity contribution is 6.31. The van der Waals surface area contributed by atoms with Crippen LogP contribution in [0.4, 0.5) is 0 Å². The Morgan fingerprint density at radius 3 is 2.78 bits per heavy atom. The molecule has 1 aromatic rings. The molecule has 5 nitrogen and oxygen atoms in total. The number of ether oxygens (including phenoxy) is 1. The van der Waals surface area contributed by atoms with Crippen LogP contribution in [-0.2, 0) is 16.9 Å². The van der Waals surface area contributed by atoms with Gasteiger partial charge in [-0.1, -0.05) is 11.6 Å². The Morgan fingerprint density at radius 1 is 1.56 bits per heavy atom. The van der Waals surface area contributed by atoms with Crippen LogP contribution in [0.2, 0.25) is 5.02 Å². The first-order valence-electron chi connectivity index (χ1n) is 6.05. The number of hydrogen-bond acceptors (Lipinski definition) is 4. The van der Waals surface area contributed by atoms with Crippen LogP contribution >= 0.6 is 11.6 Å². The third-order valence-corrected chi connectivity index (χ3v) is 2.93. The number of likely N-dealkylation sites (N-methyl/N-ethyl adjacent to an activating group) is 1. The van der Waals surface area contributed by atoms with Crippen LogP contribution in [0.15, 0.2) is 6.20 Å². The highest BCUT2D eigenvalue weighted by atomic mass is 35.5. The molecule has 0 spiro atoms. The van der Waals surface area contributed by atoms with E-state index in [4.69, 9.17) is 16.3 Å². The highest BCUT2D eigenvalue weighted by Crippen LogP contribution is 2.28. The summed E-state index contributed by atoms with van der Waals surface area (Å²) in [6, 6.07) is 0. The van der Waals surface area contributed by atoms with Gasteiger partial charge in [-0.15, -0.1) is 0 Å². The summed E-state index contributed by atoms with van der Waals surface area (Å²) in [5, 5.41) is 15.1. The molecule has 0 amide bonds. The number of hydrogen-bond donors (Lipinski definition) is 1. The molecule has 0 radical (unpaired) electrons. The van der Waals surface area contributed by atoms with E-state index < -0.39 is 5.60 Å². The Bertz CT molecular complexity index is 377. The van der Waals surface area contributed by atoms with Crippen LogP contribution < -0.4 is 0 Å². The molecule has 1 atom stereocenters. The Balaban J connectivity index is 2.88. The third-order valence-electron chi connectivity index (χ3n) is 2.65. The van der Waals surface area contributed by atoms with E-state index in [1.807, 2.05) is 21.0 Å². The molecule has 1 rings (SSSR count). The molecule has 0 bridgehead atoms. The molecule has 0 fully saturated rings. The van der Waals surface area contributed by atoms with Gasteiger partial charge in [0.1, 0.15) is 5.60 Å². The molecular formula is C12H22ClN3O2. The minimum Gasteiger partial charge on any atom is -0.381 e. The second-order valence-corrected chi connectivity index (χ2v) is 5.19. The molecule has 1 aromatic heterocycles. The summed E-state index contributed by atoms with van der Waals surface area (Å²) in [7, 11) is 3.98. The first-order valence-corrected chi connectivity index (χ1v) is 6.43. The Morgan fingerprint density at radius 2 is 2.22 bits per heavy atom. The summed E-state index contributed by atoms with van der Waals surface area (Å²) in [5.74, 6) is 0. The zero-order valence-corrected chi connectivity index (χ0v) is 12.2. The summed E-state index contributed by atoms with van der Waals surface area (Å²) >= 11 is 6.11. The van der Waals surface area contributed by atoms with E-state index in [0.717, 1.165) is 6.54 Å². The number of halogens is 1. The molecule has 0 aromatic carbocycles. The summed E-state index contributed by atoms with van der Waals surface area (Å²) < 4.78 is 7.03. The van der Waals surface area contributed by atoms with Crippen molar-refractivity contribution in [3.8, 4) is 0 Å². The third kappa shape index (κ3) is 3.95. The fraction of sp³-hybridized carbons (Fsp3) is 0.750. The molecule has 0 aliphatic heterocycles. The predicted octanol–water partition coefficient (Wildman–Crippen LogP) is 1.34. The van der Waals surface area contributed by atoms with Gasteiger partial charge in [-0.2, -0.15) is 5.10 Å². The minimum absolute atomic E-state index is 0.205. The van der Waals surface area contributed by atoms with Crippen molar-refractivity contribution >= 4 is 11.6 Å². The molecule has 1 unspecified atom stereocenters. The number of rotatable bonds is 7. The lowest BCUT2D eigenvalue weighted by Gasteiger charge is -2.25. The number of nitrogens with zero attached hydrogens (tertiary/aromatic N) is 3. The normalized spacial score (nSPS) is 15.1. The van der Waals surface area contributed by atoms with Crippen LogP contribution in [0.25, 0.3) is 0 Å². The molecule has 0 saturated heterocycles. The predicted molar refractivity (Wildman–Crippen MR) is 71.9 cm³/mol. The van der Waals surface area contributed by atoms with Crippen molar-refractivity contribution in [3.63, 3.8) is 0 Å². The molecular weight excluding hydrogens is 254 g/mol. The Kier molecular flexibility index (Phi) is 5.59. The lowest BCUT2D eigenvalue weighted by molar-refractivity contribution is -0.0401. The fourth-order valence-electron chi connectivity index (χ4n) is 1.73. The summed E-state index contributed by atoms with van der Waals surface area (Å²) in [6.07, 6.45) is 1.56. The van der Waals surface area contributed by atoms with E-state index in [0.29, 0.717) is 23.9 Å². The standard InChI is InChI=1S/C12H22ClN3O2/c1-5-18-9-12(2,17)11-10(13)8-14-16(11)7-6-15(3)4/h8,17H,5-7,9H2,1-4H3. The van der Waals surface area contributed by atoms with Crippen molar-refractivity contribution in [2.45, 2.75) is 26.0 Å². The molecule has 6 heteroatoms. The largest absolute Gasteiger partial charge is 0.381 e. The topological polar surface area (TPSA) is 50.5 Å². The second kappa shape index (κ2) is 6.52. The zero-order valence-electron chi connectivity index (χ0n) is 11.5. The monoisotopic (exact) mass is 275 g/mol. The van der Waals surface area contributed by atoms with Crippen molar-refractivity contribution < 1.29 is 9.84 Å². The molecule has 0 aliphatic rings. The van der Waals surface area contributed by atoms with Crippen LogP contribution in [0, 0.1) is 0 Å². The molecule has 18 heavy (non-hydrogen) atoms. The van der Waals surface area contributed by atoms with Gasteiger partial charge in [-0.25, -0.2) is 0 Å².